The zero-order valence-electron chi connectivity index (χ0n) is 11.7. The first-order valence-electron chi connectivity index (χ1n) is 6.09. The summed E-state index contributed by atoms with van der Waals surface area (Å²) < 4.78 is 9.62. The lowest BCUT2D eigenvalue weighted by Crippen LogP contribution is -2.31. The van der Waals surface area contributed by atoms with Gasteiger partial charge in [0.2, 0.25) is 5.88 Å². The molecule has 0 amide bonds. The SMILES string of the molecule is COC(=O)C(C(=O)Cc1ccc(OC)nc1)C(C)C. The maximum Gasteiger partial charge on any atom is 0.316 e. The average molecular weight is 265 g/mol. The second kappa shape index (κ2) is 6.87. The molecular formula is C14H19NO4. The molecule has 0 aliphatic rings. The van der Waals surface area contributed by atoms with Crippen LogP contribution in [0.3, 0.4) is 0 Å². The normalized spacial score (nSPS) is 12.1. The zero-order chi connectivity index (χ0) is 14.4. The summed E-state index contributed by atoms with van der Waals surface area (Å²) in [5, 5.41) is 0. The van der Waals surface area contributed by atoms with Crippen molar-refractivity contribution in [2.45, 2.75) is 20.3 Å². The Morgan fingerprint density at radius 1 is 1.26 bits per heavy atom. The Bertz CT molecular complexity index is 439. The Hall–Kier alpha value is -1.91. The topological polar surface area (TPSA) is 65.5 Å². The van der Waals surface area contributed by atoms with Gasteiger partial charge in [-0.05, 0) is 11.5 Å². The fourth-order valence-corrected chi connectivity index (χ4v) is 1.85. The number of ether oxygens (including phenoxy) is 2. The molecule has 0 spiro atoms. The molecule has 0 saturated carbocycles. The Kier molecular flexibility index (Phi) is 5.48. The van der Waals surface area contributed by atoms with Crippen molar-refractivity contribution in [3.63, 3.8) is 0 Å². The molecule has 0 aliphatic heterocycles. The lowest BCUT2D eigenvalue weighted by Gasteiger charge is -2.16. The minimum Gasteiger partial charge on any atom is -0.481 e. The third-order valence-electron chi connectivity index (χ3n) is 2.85. The van der Waals surface area contributed by atoms with Crippen molar-refractivity contribution < 1.29 is 19.1 Å². The number of aromatic nitrogens is 1. The monoisotopic (exact) mass is 265 g/mol. The number of methoxy groups -OCH3 is 2. The second-order valence-corrected chi connectivity index (χ2v) is 4.60. The summed E-state index contributed by atoms with van der Waals surface area (Å²) in [4.78, 5) is 27.8. The quantitative estimate of drug-likeness (QED) is 0.578. The van der Waals surface area contributed by atoms with E-state index in [0.717, 1.165) is 5.56 Å². The third-order valence-corrected chi connectivity index (χ3v) is 2.85. The number of ketones is 1. The first-order valence-corrected chi connectivity index (χ1v) is 6.09. The predicted molar refractivity (Wildman–Crippen MR) is 69.8 cm³/mol. The molecule has 0 N–H and O–H groups in total. The van der Waals surface area contributed by atoms with Gasteiger partial charge in [-0.2, -0.15) is 0 Å². The number of hydrogen-bond donors (Lipinski definition) is 0. The highest BCUT2D eigenvalue weighted by atomic mass is 16.5. The first kappa shape index (κ1) is 15.1. The Balaban J connectivity index is 2.78. The first-order chi connectivity index (χ1) is 8.99. The predicted octanol–water partition coefficient (Wildman–Crippen LogP) is 1.65. The van der Waals surface area contributed by atoms with Crippen LogP contribution in [-0.2, 0) is 20.7 Å². The third kappa shape index (κ3) is 4.05. The van der Waals surface area contributed by atoms with Gasteiger partial charge in [-0.1, -0.05) is 19.9 Å². The van der Waals surface area contributed by atoms with Gasteiger partial charge in [0.15, 0.2) is 5.78 Å². The highest BCUT2D eigenvalue weighted by Crippen LogP contribution is 2.17. The van der Waals surface area contributed by atoms with Gasteiger partial charge in [-0.15, -0.1) is 0 Å². The summed E-state index contributed by atoms with van der Waals surface area (Å²) in [5.74, 6) is -0.974. The van der Waals surface area contributed by atoms with Gasteiger partial charge in [0.05, 0.1) is 14.2 Å². The van der Waals surface area contributed by atoms with Crippen molar-refractivity contribution in [2.24, 2.45) is 11.8 Å². The molecule has 0 aromatic carbocycles. The van der Waals surface area contributed by atoms with E-state index in [0.29, 0.717) is 5.88 Å². The molecule has 1 heterocycles. The number of carbonyl (C=O) groups is 2. The lowest BCUT2D eigenvalue weighted by atomic mass is 9.89. The fourth-order valence-electron chi connectivity index (χ4n) is 1.85. The molecule has 5 heteroatoms. The van der Waals surface area contributed by atoms with E-state index >= 15 is 0 Å². The van der Waals surface area contributed by atoms with E-state index in [-0.39, 0.29) is 18.1 Å². The van der Waals surface area contributed by atoms with Crippen LogP contribution in [0.5, 0.6) is 5.88 Å². The summed E-state index contributed by atoms with van der Waals surface area (Å²) in [6.45, 7) is 3.65. The van der Waals surface area contributed by atoms with E-state index in [2.05, 4.69) is 9.72 Å². The standard InChI is InChI=1S/C14H19NO4/c1-9(2)13(14(17)19-4)11(16)7-10-5-6-12(18-3)15-8-10/h5-6,8-9,13H,7H2,1-4H3. The van der Waals surface area contributed by atoms with E-state index in [4.69, 9.17) is 4.74 Å². The highest BCUT2D eigenvalue weighted by molar-refractivity contribution is 6.00. The molecule has 1 atom stereocenters. The van der Waals surface area contributed by atoms with Gasteiger partial charge < -0.3 is 9.47 Å². The fraction of sp³-hybridized carbons (Fsp3) is 0.500. The summed E-state index contributed by atoms with van der Waals surface area (Å²) in [7, 11) is 2.82. The van der Waals surface area contributed by atoms with E-state index in [1.807, 2.05) is 13.8 Å². The summed E-state index contributed by atoms with van der Waals surface area (Å²) >= 11 is 0. The number of nitrogens with zero attached hydrogens (tertiary/aromatic N) is 1. The maximum absolute atomic E-state index is 12.1. The molecule has 0 radical (unpaired) electrons. The molecule has 19 heavy (non-hydrogen) atoms. The number of esters is 1. The van der Waals surface area contributed by atoms with Crippen LogP contribution in [0.15, 0.2) is 18.3 Å². The highest BCUT2D eigenvalue weighted by Gasteiger charge is 2.30. The molecule has 0 saturated heterocycles. The van der Waals surface area contributed by atoms with Gasteiger partial charge in [0.25, 0.3) is 0 Å². The van der Waals surface area contributed by atoms with Crippen molar-refractivity contribution in [1.29, 1.82) is 0 Å². The summed E-state index contributed by atoms with van der Waals surface area (Å²) in [6.07, 6.45) is 1.74. The van der Waals surface area contributed by atoms with Crippen LogP contribution in [0.4, 0.5) is 0 Å². The van der Waals surface area contributed by atoms with Crippen molar-refractivity contribution in [3.05, 3.63) is 23.9 Å². The number of Topliss-reactive ketones (excluding diaryl/α,β-unsaturated/α-hetero) is 1. The molecule has 5 nitrogen and oxygen atoms in total. The van der Waals surface area contributed by atoms with Crippen LogP contribution in [0, 0.1) is 11.8 Å². The number of rotatable bonds is 6. The Labute approximate surface area is 112 Å². The van der Waals surface area contributed by atoms with Crippen LogP contribution in [0.25, 0.3) is 0 Å². The Morgan fingerprint density at radius 3 is 2.37 bits per heavy atom. The van der Waals surface area contributed by atoms with Crippen molar-refractivity contribution in [1.82, 2.24) is 4.98 Å². The summed E-state index contributed by atoms with van der Waals surface area (Å²) in [5.41, 5.74) is 0.750. The van der Waals surface area contributed by atoms with Crippen LogP contribution in [0.1, 0.15) is 19.4 Å². The van der Waals surface area contributed by atoms with Crippen molar-refractivity contribution >= 4 is 11.8 Å². The summed E-state index contributed by atoms with van der Waals surface area (Å²) in [6, 6.07) is 3.45. The van der Waals surface area contributed by atoms with Gasteiger partial charge in [0.1, 0.15) is 5.92 Å². The van der Waals surface area contributed by atoms with Crippen LogP contribution in [0.2, 0.25) is 0 Å². The van der Waals surface area contributed by atoms with Crippen molar-refractivity contribution in [2.75, 3.05) is 14.2 Å². The minimum atomic E-state index is -0.730. The zero-order valence-corrected chi connectivity index (χ0v) is 11.7. The van der Waals surface area contributed by atoms with Crippen LogP contribution >= 0.6 is 0 Å². The van der Waals surface area contributed by atoms with E-state index in [9.17, 15) is 9.59 Å². The molecule has 0 fully saturated rings. The molecule has 0 bridgehead atoms. The van der Waals surface area contributed by atoms with Gasteiger partial charge in [0, 0.05) is 18.7 Å². The van der Waals surface area contributed by atoms with Gasteiger partial charge >= 0.3 is 5.97 Å². The van der Waals surface area contributed by atoms with Crippen LogP contribution < -0.4 is 4.74 Å². The average Bonchev–Trinajstić information content (AvgIpc) is 2.39. The van der Waals surface area contributed by atoms with Gasteiger partial charge in [-0.3, -0.25) is 9.59 Å². The van der Waals surface area contributed by atoms with Gasteiger partial charge in [-0.25, -0.2) is 4.98 Å². The van der Waals surface area contributed by atoms with E-state index < -0.39 is 11.9 Å². The molecule has 104 valence electrons. The second-order valence-electron chi connectivity index (χ2n) is 4.60. The lowest BCUT2D eigenvalue weighted by molar-refractivity contribution is -0.151. The number of pyridine rings is 1. The van der Waals surface area contributed by atoms with Crippen molar-refractivity contribution in [3.8, 4) is 5.88 Å². The molecule has 0 aliphatic carbocycles. The molecule has 1 aromatic rings. The number of carbonyl (C=O) groups excluding carboxylic acids is 2. The molecule has 1 unspecified atom stereocenters. The van der Waals surface area contributed by atoms with E-state index in [1.165, 1.54) is 14.2 Å². The maximum atomic E-state index is 12.1. The minimum absolute atomic E-state index is 0.0915. The number of hydrogen-bond acceptors (Lipinski definition) is 5. The molecule has 1 aromatic heterocycles. The molecule has 1 rings (SSSR count). The van der Waals surface area contributed by atoms with E-state index in [1.54, 1.807) is 18.3 Å². The van der Waals surface area contributed by atoms with Crippen LogP contribution in [-0.4, -0.2) is 31.0 Å². The largest absolute Gasteiger partial charge is 0.481 e. The Morgan fingerprint density at radius 2 is 1.95 bits per heavy atom. The molecular weight excluding hydrogens is 246 g/mol. The smallest absolute Gasteiger partial charge is 0.316 e.